The molecule has 0 saturated carbocycles. The largest absolute Gasteiger partial charge is 0.472 e. The standard InChI is InChI=1S/C68H132O17P2/c1-9-60(7)46-38-30-22-15-11-12-16-24-34-42-50-67(72)84-63(54-78-65(70)48-40-32-23-17-13-14-20-28-36-44-58(3)4)56-82-86(74,75)80-52-62(69)53-81-87(76,77)83-57-64(55-79-66(71)49-41-33-27-26-31-39-47-61(8)10-2)85-68(73)51-43-35-25-19-18-21-29-37-45-59(5)6/h58-64,69H,9-57H2,1-8H3,(H,74,75)(H,76,77)/t60?,61?,62-,63-,64-/m1/s1. The summed E-state index contributed by atoms with van der Waals surface area (Å²) in [4.78, 5) is 72.4. The molecule has 4 unspecified atom stereocenters. The molecule has 0 aliphatic carbocycles. The zero-order valence-corrected chi connectivity index (χ0v) is 58.4. The van der Waals surface area contributed by atoms with Gasteiger partial charge in [-0.2, -0.15) is 0 Å². The summed E-state index contributed by atoms with van der Waals surface area (Å²) < 4.78 is 68.2. The van der Waals surface area contributed by atoms with E-state index in [1.54, 1.807) is 0 Å². The first-order valence-corrected chi connectivity index (χ1v) is 38.3. The molecule has 0 fully saturated rings. The Morgan fingerprint density at radius 1 is 0.322 bits per heavy atom. The molecule has 0 aromatic carbocycles. The number of unbranched alkanes of at least 4 members (excludes halogenated alkanes) is 29. The number of aliphatic hydroxyl groups excluding tert-OH is 1. The summed E-state index contributed by atoms with van der Waals surface area (Å²) in [6.45, 7) is 14.1. The van der Waals surface area contributed by atoms with E-state index in [1.165, 1.54) is 128 Å². The molecular weight excluding hydrogens is 1150 g/mol. The molecule has 0 radical (unpaired) electrons. The maximum absolute atomic E-state index is 13.0. The second-order valence-electron chi connectivity index (χ2n) is 26.0. The highest BCUT2D eigenvalue weighted by molar-refractivity contribution is 7.47. The number of phosphoric acid groups is 2. The van der Waals surface area contributed by atoms with E-state index >= 15 is 0 Å². The average Bonchev–Trinajstić information content (AvgIpc) is 3.69. The van der Waals surface area contributed by atoms with E-state index in [-0.39, 0.29) is 25.7 Å². The molecule has 0 rings (SSSR count). The minimum Gasteiger partial charge on any atom is -0.462 e. The van der Waals surface area contributed by atoms with Gasteiger partial charge >= 0.3 is 39.5 Å². The molecule has 0 saturated heterocycles. The lowest BCUT2D eigenvalue weighted by atomic mass is 9.99. The van der Waals surface area contributed by atoms with Crippen LogP contribution in [-0.4, -0.2) is 96.7 Å². The van der Waals surface area contributed by atoms with Gasteiger partial charge in [0.2, 0.25) is 0 Å². The quantitative estimate of drug-likeness (QED) is 0.0222. The van der Waals surface area contributed by atoms with E-state index in [0.717, 1.165) is 120 Å². The first kappa shape index (κ1) is 85.1. The molecule has 17 nitrogen and oxygen atoms in total. The second kappa shape index (κ2) is 57.9. The lowest BCUT2D eigenvalue weighted by molar-refractivity contribution is -0.161. The van der Waals surface area contributed by atoms with Crippen molar-refractivity contribution < 1.29 is 80.2 Å². The van der Waals surface area contributed by atoms with Crippen LogP contribution in [0.15, 0.2) is 0 Å². The van der Waals surface area contributed by atoms with Crippen molar-refractivity contribution in [2.24, 2.45) is 23.7 Å². The minimum atomic E-state index is -4.95. The third-order valence-corrected chi connectivity index (χ3v) is 18.2. The zero-order valence-electron chi connectivity index (χ0n) is 56.6. The normalized spacial score (nSPS) is 15.0. The van der Waals surface area contributed by atoms with Gasteiger partial charge in [-0.1, -0.05) is 280 Å². The Labute approximate surface area is 530 Å². The Morgan fingerprint density at radius 3 is 0.816 bits per heavy atom. The topological polar surface area (TPSA) is 237 Å². The molecule has 0 spiro atoms. The summed E-state index contributed by atoms with van der Waals surface area (Å²) in [5, 5.41) is 10.6. The summed E-state index contributed by atoms with van der Waals surface area (Å²) in [7, 11) is -9.90. The third kappa shape index (κ3) is 60.1. The van der Waals surface area contributed by atoms with Crippen LogP contribution in [0, 0.1) is 23.7 Å². The molecule has 0 aliphatic heterocycles. The number of aliphatic hydroxyl groups is 1. The van der Waals surface area contributed by atoms with E-state index in [1.807, 2.05) is 0 Å². The van der Waals surface area contributed by atoms with Gasteiger partial charge in [0.1, 0.15) is 19.3 Å². The molecule has 0 aliphatic rings. The van der Waals surface area contributed by atoms with Crippen molar-refractivity contribution in [2.75, 3.05) is 39.6 Å². The van der Waals surface area contributed by atoms with Crippen LogP contribution >= 0.6 is 15.6 Å². The molecule has 0 amide bonds. The van der Waals surface area contributed by atoms with Crippen molar-refractivity contribution in [2.45, 2.75) is 350 Å². The number of esters is 4. The predicted molar refractivity (Wildman–Crippen MR) is 349 cm³/mol. The molecular formula is C68H132O17P2. The molecule has 0 heterocycles. The van der Waals surface area contributed by atoms with Crippen LogP contribution in [0.25, 0.3) is 0 Å². The van der Waals surface area contributed by atoms with Gasteiger partial charge < -0.3 is 33.8 Å². The molecule has 87 heavy (non-hydrogen) atoms. The van der Waals surface area contributed by atoms with Crippen molar-refractivity contribution in [3.05, 3.63) is 0 Å². The van der Waals surface area contributed by atoms with Crippen LogP contribution in [0.4, 0.5) is 0 Å². The van der Waals surface area contributed by atoms with Gasteiger partial charge in [0.05, 0.1) is 26.4 Å². The Balaban J connectivity index is 5.27. The summed E-state index contributed by atoms with van der Waals surface area (Å²) in [5.74, 6) is 0.861. The lowest BCUT2D eigenvalue weighted by Gasteiger charge is -2.21. The zero-order chi connectivity index (χ0) is 64.7. The first-order chi connectivity index (χ1) is 41.7. The van der Waals surface area contributed by atoms with Gasteiger partial charge in [-0.05, 0) is 49.4 Å². The summed E-state index contributed by atoms with van der Waals surface area (Å²) in [6, 6.07) is 0. The highest BCUT2D eigenvalue weighted by Crippen LogP contribution is 2.45. The second-order valence-corrected chi connectivity index (χ2v) is 28.9. The molecule has 19 heteroatoms. The molecule has 3 N–H and O–H groups in total. The van der Waals surface area contributed by atoms with E-state index in [0.29, 0.717) is 25.7 Å². The highest BCUT2D eigenvalue weighted by atomic mass is 31.2. The fourth-order valence-electron chi connectivity index (χ4n) is 10.1. The Kier molecular flexibility index (Phi) is 56.6. The predicted octanol–water partition coefficient (Wildman–Crippen LogP) is 18.9. The van der Waals surface area contributed by atoms with Crippen LogP contribution < -0.4 is 0 Å². The van der Waals surface area contributed by atoms with Gasteiger partial charge in [-0.3, -0.25) is 37.3 Å². The molecule has 0 aromatic heterocycles. The van der Waals surface area contributed by atoms with Crippen molar-refractivity contribution >= 4 is 39.5 Å². The van der Waals surface area contributed by atoms with E-state index in [2.05, 4.69) is 55.4 Å². The lowest BCUT2D eigenvalue weighted by Crippen LogP contribution is -2.30. The van der Waals surface area contributed by atoms with Crippen molar-refractivity contribution in [1.29, 1.82) is 0 Å². The maximum atomic E-state index is 13.0. The SMILES string of the molecule is CCC(C)CCCCCCCCCCCCC(=O)O[C@H](COC(=O)CCCCCCCCCCCC(C)C)COP(=O)(O)OC[C@@H](O)COP(=O)(O)OC[C@@H](COC(=O)CCCCCCCCC(C)CC)OC(=O)CCCCCCCCCCC(C)C. The highest BCUT2D eigenvalue weighted by Gasteiger charge is 2.30. The summed E-state index contributed by atoms with van der Waals surface area (Å²) in [5.41, 5.74) is 0. The first-order valence-electron chi connectivity index (χ1n) is 35.3. The van der Waals surface area contributed by atoms with E-state index in [9.17, 15) is 43.2 Å². The number of hydrogen-bond donors (Lipinski definition) is 3. The summed E-state index contributed by atoms with van der Waals surface area (Å²) in [6.07, 6.45) is 38.9. The molecule has 0 aromatic rings. The van der Waals surface area contributed by atoms with E-state index in [4.69, 9.17) is 37.0 Å². The van der Waals surface area contributed by atoms with Crippen molar-refractivity contribution in [3.63, 3.8) is 0 Å². The molecule has 7 atom stereocenters. The number of rotatable bonds is 65. The van der Waals surface area contributed by atoms with Gasteiger partial charge in [-0.15, -0.1) is 0 Å². The van der Waals surface area contributed by atoms with Crippen LogP contribution in [0.3, 0.4) is 0 Å². The van der Waals surface area contributed by atoms with Gasteiger partial charge in [0, 0.05) is 25.7 Å². The molecule has 516 valence electrons. The number of ether oxygens (including phenoxy) is 4. The smallest absolute Gasteiger partial charge is 0.462 e. The van der Waals surface area contributed by atoms with Gasteiger partial charge in [0.25, 0.3) is 0 Å². The number of carbonyl (C=O) groups excluding carboxylic acids is 4. The molecule has 0 bridgehead atoms. The maximum Gasteiger partial charge on any atom is 0.472 e. The monoisotopic (exact) mass is 1280 g/mol. The number of hydrogen-bond acceptors (Lipinski definition) is 15. The van der Waals surface area contributed by atoms with Crippen molar-refractivity contribution in [1.82, 2.24) is 0 Å². The van der Waals surface area contributed by atoms with Crippen LogP contribution in [0.1, 0.15) is 331 Å². The minimum absolute atomic E-state index is 0.103. The average molecular weight is 1280 g/mol. The Hall–Kier alpha value is -1.94. The Morgan fingerprint density at radius 2 is 0.552 bits per heavy atom. The van der Waals surface area contributed by atoms with Crippen LogP contribution in [0.2, 0.25) is 0 Å². The van der Waals surface area contributed by atoms with Crippen LogP contribution in [0.5, 0.6) is 0 Å². The van der Waals surface area contributed by atoms with Crippen LogP contribution in [-0.2, 0) is 65.4 Å². The van der Waals surface area contributed by atoms with Gasteiger partial charge in [0.15, 0.2) is 12.2 Å². The summed E-state index contributed by atoms with van der Waals surface area (Å²) >= 11 is 0. The fourth-order valence-corrected chi connectivity index (χ4v) is 11.7. The van der Waals surface area contributed by atoms with E-state index < -0.39 is 97.5 Å². The Bertz CT molecular complexity index is 1730. The van der Waals surface area contributed by atoms with Crippen molar-refractivity contribution in [3.8, 4) is 0 Å². The number of phosphoric ester groups is 2. The number of carbonyl (C=O) groups is 4. The van der Waals surface area contributed by atoms with Gasteiger partial charge in [-0.25, -0.2) is 9.13 Å². The fraction of sp³-hybridized carbons (Fsp3) is 0.941. The third-order valence-electron chi connectivity index (χ3n) is 16.3.